The molecule has 1 aromatic carbocycles. The van der Waals surface area contributed by atoms with Gasteiger partial charge in [-0.05, 0) is 36.6 Å². The van der Waals surface area contributed by atoms with Crippen LogP contribution in [0.5, 0.6) is 0 Å². The van der Waals surface area contributed by atoms with Gasteiger partial charge in [0, 0.05) is 5.02 Å². The molecule has 1 aliphatic rings. The lowest BCUT2D eigenvalue weighted by Gasteiger charge is -2.31. The van der Waals surface area contributed by atoms with E-state index >= 15 is 0 Å². The van der Waals surface area contributed by atoms with Crippen molar-refractivity contribution in [2.24, 2.45) is 0 Å². The summed E-state index contributed by atoms with van der Waals surface area (Å²) in [4.78, 5) is 13.6. The first kappa shape index (κ1) is 17.2. The Hall–Kier alpha value is -1.14. The molecule has 1 atom stereocenters. The van der Waals surface area contributed by atoms with Crippen LogP contribution in [0.2, 0.25) is 5.02 Å². The van der Waals surface area contributed by atoms with Gasteiger partial charge in [0.2, 0.25) is 5.91 Å². The summed E-state index contributed by atoms with van der Waals surface area (Å²) in [7, 11) is 0. The zero-order valence-corrected chi connectivity index (χ0v) is 13.6. The third-order valence-electron chi connectivity index (χ3n) is 4.26. The molecule has 0 spiro atoms. The predicted molar refractivity (Wildman–Crippen MR) is 84.4 cm³/mol. The van der Waals surface area contributed by atoms with Gasteiger partial charge in [-0.1, -0.05) is 44.7 Å². The van der Waals surface area contributed by atoms with Crippen LogP contribution >= 0.6 is 11.6 Å². The molecule has 0 aliphatic carbocycles. The Balaban J connectivity index is 2.64. The van der Waals surface area contributed by atoms with Gasteiger partial charge in [-0.25, -0.2) is 4.90 Å². The van der Waals surface area contributed by atoms with E-state index in [9.17, 15) is 20.1 Å². The number of amides is 1. The topological polar surface area (TPSA) is 81.0 Å². The molecule has 1 amide bonds. The van der Waals surface area contributed by atoms with Crippen LogP contribution in [0.3, 0.4) is 0 Å². The van der Waals surface area contributed by atoms with Crippen LogP contribution < -0.4 is 4.90 Å². The Kier molecular flexibility index (Phi) is 4.82. The van der Waals surface area contributed by atoms with Crippen LogP contribution in [0.4, 0.5) is 5.69 Å². The van der Waals surface area contributed by atoms with Crippen LogP contribution in [0, 0.1) is 0 Å². The van der Waals surface area contributed by atoms with E-state index in [1.807, 2.05) is 13.8 Å². The molecule has 0 saturated carbocycles. The van der Waals surface area contributed by atoms with E-state index < -0.39 is 17.4 Å². The molecule has 1 aromatic rings. The highest BCUT2D eigenvalue weighted by Crippen LogP contribution is 2.49. The number of fused-ring (bicyclic) bond motifs is 1. The number of aliphatic hydroxyl groups is 3. The highest BCUT2D eigenvalue weighted by molar-refractivity contribution is 6.31. The van der Waals surface area contributed by atoms with Gasteiger partial charge in [0.1, 0.15) is 0 Å². The summed E-state index contributed by atoms with van der Waals surface area (Å²) in [6.45, 7) is 4.00. The van der Waals surface area contributed by atoms with Gasteiger partial charge in [-0.15, -0.1) is 0 Å². The Bertz CT molecular complexity index is 570. The molecule has 0 bridgehead atoms. The fraction of sp³-hybridized carbons (Fsp3) is 0.562. The Morgan fingerprint density at radius 1 is 1.18 bits per heavy atom. The zero-order chi connectivity index (χ0) is 16.5. The molecule has 0 radical (unpaired) electrons. The van der Waals surface area contributed by atoms with Crippen molar-refractivity contribution in [3.05, 3.63) is 28.8 Å². The fourth-order valence-electron chi connectivity index (χ4n) is 3.34. The lowest BCUT2D eigenvalue weighted by Crippen LogP contribution is -2.54. The van der Waals surface area contributed by atoms with Crippen molar-refractivity contribution >= 4 is 23.2 Å². The molecule has 1 unspecified atom stereocenters. The van der Waals surface area contributed by atoms with Crippen molar-refractivity contribution in [1.29, 1.82) is 0 Å². The van der Waals surface area contributed by atoms with Gasteiger partial charge in [0.15, 0.2) is 0 Å². The van der Waals surface area contributed by atoms with E-state index in [0.717, 1.165) is 19.3 Å². The summed E-state index contributed by atoms with van der Waals surface area (Å²) < 4.78 is 0. The molecule has 0 fully saturated rings. The van der Waals surface area contributed by atoms with Crippen molar-refractivity contribution in [3.63, 3.8) is 0 Å². The van der Waals surface area contributed by atoms with E-state index in [-0.39, 0.29) is 0 Å². The largest absolute Gasteiger partial charge is 0.376 e. The molecule has 3 N–H and O–H groups in total. The molecule has 22 heavy (non-hydrogen) atoms. The summed E-state index contributed by atoms with van der Waals surface area (Å²) in [5.41, 5.74) is 0.0815. The van der Waals surface area contributed by atoms with E-state index in [1.54, 1.807) is 12.1 Å². The Morgan fingerprint density at radius 2 is 1.86 bits per heavy atom. The van der Waals surface area contributed by atoms with Crippen LogP contribution in [-0.2, 0) is 10.2 Å². The number of hydrogen-bond acceptors (Lipinski definition) is 4. The van der Waals surface area contributed by atoms with Crippen molar-refractivity contribution in [1.82, 2.24) is 0 Å². The smallest absolute Gasteiger partial charge is 0.325 e. The van der Waals surface area contributed by atoms with Gasteiger partial charge in [0.25, 0.3) is 0 Å². The second-order valence-corrected chi connectivity index (χ2v) is 6.27. The summed E-state index contributed by atoms with van der Waals surface area (Å²) in [5.74, 6) is -0.493. The van der Waals surface area contributed by atoms with Gasteiger partial charge in [0.05, 0.1) is 11.1 Å². The van der Waals surface area contributed by atoms with E-state index in [4.69, 9.17) is 11.6 Å². The molecular weight excluding hydrogens is 306 g/mol. The highest BCUT2D eigenvalue weighted by Gasteiger charge is 2.55. The predicted octanol–water partition coefficient (Wildman–Crippen LogP) is 2.50. The van der Waals surface area contributed by atoms with Crippen LogP contribution in [0.25, 0.3) is 0 Å². The zero-order valence-electron chi connectivity index (χ0n) is 12.8. The summed E-state index contributed by atoms with van der Waals surface area (Å²) >= 11 is 6.08. The molecule has 1 aliphatic heterocycles. The minimum Gasteiger partial charge on any atom is -0.325 e. The Morgan fingerprint density at radius 3 is 2.41 bits per heavy atom. The van der Waals surface area contributed by atoms with E-state index in [1.165, 1.54) is 6.07 Å². The summed E-state index contributed by atoms with van der Waals surface area (Å²) in [6.07, 6.45) is 0.408. The first-order valence-electron chi connectivity index (χ1n) is 7.59. The second-order valence-electron chi connectivity index (χ2n) is 5.84. The highest BCUT2D eigenvalue weighted by atomic mass is 35.5. The number of benzene rings is 1. The SMILES string of the molecule is CCCCC1(CCC)C(=O)N(C(O)(O)O)c2ccc(Cl)cc21. The maximum Gasteiger partial charge on any atom is 0.376 e. The average molecular weight is 328 g/mol. The van der Waals surface area contributed by atoms with Gasteiger partial charge in [-0.2, -0.15) is 0 Å². The maximum atomic E-state index is 12.9. The van der Waals surface area contributed by atoms with Gasteiger partial charge < -0.3 is 15.3 Å². The number of unbranched alkanes of at least 4 members (excludes halogenated alkanes) is 1. The molecular formula is C16H22ClNO4. The number of anilines is 1. The van der Waals surface area contributed by atoms with Crippen LogP contribution in [0.15, 0.2) is 18.2 Å². The number of rotatable bonds is 6. The fourth-order valence-corrected chi connectivity index (χ4v) is 3.51. The molecule has 122 valence electrons. The molecule has 0 saturated heterocycles. The average Bonchev–Trinajstić information content (AvgIpc) is 2.66. The molecule has 6 heteroatoms. The second kappa shape index (κ2) is 6.16. The lowest BCUT2D eigenvalue weighted by molar-refractivity contribution is -0.306. The Labute approximate surface area is 135 Å². The third-order valence-corrected chi connectivity index (χ3v) is 4.50. The normalized spacial score (nSPS) is 21.4. The quantitative estimate of drug-likeness (QED) is 0.701. The summed E-state index contributed by atoms with van der Waals surface area (Å²) in [5, 5.41) is 29.3. The number of carbonyl (C=O) groups is 1. The van der Waals surface area contributed by atoms with Crippen LogP contribution in [-0.4, -0.2) is 27.3 Å². The number of hydrogen-bond donors (Lipinski definition) is 3. The van der Waals surface area contributed by atoms with Gasteiger partial charge in [-0.3, -0.25) is 4.79 Å². The molecule has 2 rings (SSSR count). The van der Waals surface area contributed by atoms with Crippen molar-refractivity contribution < 1.29 is 20.1 Å². The minimum absolute atomic E-state index is 0.298. The first-order valence-corrected chi connectivity index (χ1v) is 7.97. The molecule has 1 heterocycles. The van der Waals surface area contributed by atoms with Crippen molar-refractivity contribution in [3.8, 4) is 0 Å². The number of nitrogens with zero attached hydrogens (tertiary/aromatic N) is 1. The van der Waals surface area contributed by atoms with Gasteiger partial charge >= 0.3 is 6.10 Å². The van der Waals surface area contributed by atoms with Crippen molar-refractivity contribution in [2.75, 3.05) is 4.90 Å². The maximum absolute atomic E-state index is 12.9. The molecule has 5 nitrogen and oxygen atoms in total. The van der Waals surface area contributed by atoms with Crippen molar-refractivity contribution in [2.45, 2.75) is 57.5 Å². The number of carbonyl (C=O) groups excluding carboxylic acids is 1. The standard InChI is InChI=1S/C16H22ClNO4/c1-3-5-9-15(8-4-2)12-10-11(17)6-7-13(12)18(14(15)19)16(20,21)22/h6-7,10,20-22H,3-5,8-9H2,1-2H3. The van der Waals surface area contributed by atoms with E-state index in [0.29, 0.717) is 34.0 Å². The van der Waals surface area contributed by atoms with Crippen LogP contribution in [0.1, 0.15) is 51.5 Å². The lowest BCUT2D eigenvalue weighted by atomic mass is 9.74. The first-order chi connectivity index (χ1) is 10.3. The van der Waals surface area contributed by atoms with E-state index in [2.05, 4.69) is 0 Å². The molecule has 0 aromatic heterocycles. The minimum atomic E-state index is -3.22. The summed E-state index contributed by atoms with van der Waals surface area (Å²) in [6, 6.07) is 4.79. The monoisotopic (exact) mass is 327 g/mol. The number of halogens is 1. The third kappa shape index (κ3) is 2.74.